The molecule has 0 amide bonds. The van der Waals surface area contributed by atoms with Gasteiger partial charge in [-0.2, -0.15) is 5.10 Å². The Morgan fingerprint density at radius 2 is 1.75 bits per heavy atom. The zero-order chi connectivity index (χ0) is 16.2. The van der Waals surface area contributed by atoms with Crippen molar-refractivity contribution < 1.29 is 4.74 Å². The number of benzene rings is 2. The average molecular weight is 321 g/mol. The molecule has 124 valence electrons. The summed E-state index contributed by atoms with van der Waals surface area (Å²) in [5, 5.41) is 5.62. The number of likely N-dealkylation sites (tertiary alicyclic amines) is 1. The highest BCUT2D eigenvalue weighted by molar-refractivity contribution is 5.86. The number of piperidine rings is 1. The first-order valence-corrected chi connectivity index (χ1v) is 8.79. The number of fused-ring (bicyclic) bond motifs is 1. The van der Waals surface area contributed by atoms with Crippen molar-refractivity contribution in [3.63, 3.8) is 0 Å². The first-order chi connectivity index (χ1) is 11.9. The lowest BCUT2D eigenvalue weighted by atomic mass is 10.1. The molecular formula is C20H23N3O. The van der Waals surface area contributed by atoms with Crippen LogP contribution >= 0.6 is 0 Å². The van der Waals surface area contributed by atoms with Gasteiger partial charge in [-0.1, -0.05) is 30.7 Å². The van der Waals surface area contributed by atoms with Gasteiger partial charge in [-0.05, 0) is 50.2 Å². The molecule has 2 aromatic carbocycles. The minimum atomic E-state index is 0.732. The second-order valence-electron chi connectivity index (χ2n) is 6.33. The average Bonchev–Trinajstić information content (AvgIpc) is 3.08. The summed E-state index contributed by atoms with van der Waals surface area (Å²) in [4.78, 5) is 2.50. The van der Waals surface area contributed by atoms with Crippen molar-refractivity contribution in [3.05, 3.63) is 54.7 Å². The summed E-state index contributed by atoms with van der Waals surface area (Å²) in [5.41, 5.74) is 2.15. The van der Waals surface area contributed by atoms with E-state index in [9.17, 15) is 0 Å². The van der Waals surface area contributed by atoms with Crippen molar-refractivity contribution in [2.75, 3.05) is 26.2 Å². The monoisotopic (exact) mass is 321 g/mol. The molecule has 4 heteroatoms. The molecule has 3 aromatic rings. The Kier molecular flexibility index (Phi) is 4.47. The van der Waals surface area contributed by atoms with Crippen LogP contribution in [-0.2, 0) is 0 Å². The van der Waals surface area contributed by atoms with Crippen molar-refractivity contribution in [3.8, 4) is 11.4 Å². The standard InChI is InChI=1S/C20H23N3O/c1-3-8-17(9-4-1)23-19-10-7-11-20(18(19)16-21-23)24-15-14-22-12-5-2-6-13-22/h1,3-4,7-11,16H,2,5-6,12-15H2. The highest BCUT2D eigenvalue weighted by Crippen LogP contribution is 2.27. The van der Waals surface area contributed by atoms with Crippen LogP contribution in [0.3, 0.4) is 0 Å². The summed E-state index contributed by atoms with van der Waals surface area (Å²) in [5.74, 6) is 0.923. The first-order valence-electron chi connectivity index (χ1n) is 8.79. The summed E-state index contributed by atoms with van der Waals surface area (Å²) >= 11 is 0. The lowest BCUT2D eigenvalue weighted by Gasteiger charge is -2.26. The number of hydrogen-bond donors (Lipinski definition) is 0. The molecule has 1 aromatic heterocycles. The van der Waals surface area contributed by atoms with Gasteiger partial charge in [-0.15, -0.1) is 0 Å². The van der Waals surface area contributed by atoms with Crippen LogP contribution in [0.5, 0.6) is 5.75 Å². The number of ether oxygens (including phenoxy) is 1. The van der Waals surface area contributed by atoms with Gasteiger partial charge in [-0.3, -0.25) is 4.90 Å². The van der Waals surface area contributed by atoms with Crippen LogP contribution in [0.15, 0.2) is 54.7 Å². The number of hydrogen-bond acceptors (Lipinski definition) is 3. The number of para-hydroxylation sites is 1. The van der Waals surface area contributed by atoms with Crippen LogP contribution in [0.1, 0.15) is 19.3 Å². The maximum absolute atomic E-state index is 6.08. The summed E-state index contributed by atoms with van der Waals surface area (Å²) in [7, 11) is 0. The van der Waals surface area contributed by atoms with E-state index in [1.807, 2.05) is 41.2 Å². The van der Waals surface area contributed by atoms with Gasteiger partial charge in [0.05, 0.1) is 22.8 Å². The van der Waals surface area contributed by atoms with Gasteiger partial charge in [-0.25, -0.2) is 4.68 Å². The lowest BCUT2D eigenvalue weighted by molar-refractivity contribution is 0.184. The third-order valence-electron chi connectivity index (χ3n) is 4.69. The Morgan fingerprint density at radius 3 is 2.58 bits per heavy atom. The summed E-state index contributed by atoms with van der Waals surface area (Å²) in [6, 6.07) is 16.4. The van der Waals surface area contributed by atoms with Gasteiger partial charge in [0.2, 0.25) is 0 Å². The molecular weight excluding hydrogens is 298 g/mol. The van der Waals surface area contributed by atoms with Gasteiger partial charge in [0, 0.05) is 6.54 Å². The molecule has 1 saturated heterocycles. The van der Waals surface area contributed by atoms with Crippen LogP contribution < -0.4 is 4.74 Å². The quantitative estimate of drug-likeness (QED) is 0.714. The van der Waals surface area contributed by atoms with E-state index in [1.54, 1.807) is 0 Å². The third kappa shape index (κ3) is 3.15. The zero-order valence-corrected chi connectivity index (χ0v) is 13.9. The van der Waals surface area contributed by atoms with E-state index in [1.165, 1.54) is 32.4 Å². The van der Waals surface area contributed by atoms with Crippen molar-refractivity contribution in [1.29, 1.82) is 0 Å². The van der Waals surface area contributed by atoms with E-state index in [4.69, 9.17) is 4.74 Å². The fourth-order valence-corrected chi connectivity index (χ4v) is 3.39. The van der Waals surface area contributed by atoms with Gasteiger partial charge in [0.15, 0.2) is 0 Å². The smallest absolute Gasteiger partial charge is 0.130 e. The fraction of sp³-hybridized carbons (Fsp3) is 0.350. The molecule has 1 aliphatic rings. The molecule has 0 atom stereocenters. The maximum Gasteiger partial charge on any atom is 0.130 e. The van der Waals surface area contributed by atoms with E-state index in [-0.39, 0.29) is 0 Å². The molecule has 24 heavy (non-hydrogen) atoms. The summed E-state index contributed by atoms with van der Waals surface area (Å²) < 4.78 is 8.04. The van der Waals surface area contributed by atoms with Crippen molar-refractivity contribution in [2.24, 2.45) is 0 Å². The molecule has 0 aliphatic carbocycles. The number of nitrogens with zero attached hydrogens (tertiary/aromatic N) is 3. The largest absolute Gasteiger partial charge is 0.491 e. The summed E-state index contributed by atoms with van der Waals surface area (Å²) in [6.45, 7) is 4.15. The van der Waals surface area contributed by atoms with Crippen LogP contribution in [0.2, 0.25) is 0 Å². The molecule has 4 nitrogen and oxygen atoms in total. The molecule has 1 fully saturated rings. The fourth-order valence-electron chi connectivity index (χ4n) is 3.39. The molecule has 2 heterocycles. The SMILES string of the molecule is c1ccc(-n2ncc3c(OCCN4CCCCC4)cccc32)cc1. The molecule has 0 bridgehead atoms. The predicted molar refractivity (Wildman–Crippen MR) is 96.9 cm³/mol. The second kappa shape index (κ2) is 7.05. The second-order valence-corrected chi connectivity index (χ2v) is 6.33. The van der Waals surface area contributed by atoms with Gasteiger partial charge in [0.1, 0.15) is 12.4 Å². The Balaban J connectivity index is 1.51. The Bertz CT molecular complexity index is 791. The third-order valence-corrected chi connectivity index (χ3v) is 4.69. The van der Waals surface area contributed by atoms with Gasteiger partial charge < -0.3 is 4.74 Å². The lowest BCUT2D eigenvalue weighted by Crippen LogP contribution is -2.33. The van der Waals surface area contributed by atoms with E-state index >= 15 is 0 Å². The Hall–Kier alpha value is -2.33. The molecule has 0 radical (unpaired) electrons. The van der Waals surface area contributed by atoms with E-state index in [0.29, 0.717) is 0 Å². The van der Waals surface area contributed by atoms with Crippen LogP contribution in [0.25, 0.3) is 16.6 Å². The topological polar surface area (TPSA) is 30.3 Å². The van der Waals surface area contributed by atoms with Crippen molar-refractivity contribution in [1.82, 2.24) is 14.7 Å². The molecule has 0 saturated carbocycles. The number of aromatic nitrogens is 2. The first kappa shape index (κ1) is 15.2. The molecule has 4 rings (SSSR count). The van der Waals surface area contributed by atoms with E-state index < -0.39 is 0 Å². The Morgan fingerprint density at radius 1 is 0.917 bits per heavy atom. The maximum atomic E-state index is 6.08. The minimum Gasteiger partial charge on any atom is -0.491 e. The van der Waals surface area contributed by atoms with Crippen LogP contribution in [-0.4, -0.2) is 40.9 Å². The van der Waals surface area contributed by atoms with E-state index in [0.717, 1.165) is 35.5 Å². The Labute approximate surface area is 142 Å². The molecule has 0 spiro atoms. The van der Waals surface area contributed by atoms with Crippen molar-refractivity contribution >= 4 is 10.9 Å². The van der Waals surface area contributed by atoms with E-state index in [2.05, 4.69) is 28.2 Å². The minimum absolute atomic E-state index is 0.732. The predicted octanol–water partition coefficient (Wildman–Crippen LogP) is 3.89. The van der Waals surface area contributed by atoms with Gasteiger partial charge in [0.25, 0.3) is 0 Å². The summed E-state index contributed by atoms with van der Waals surface area (Å²) in [6.07, 6.45) is 5.91. The highest BCUT2D eigenvalue weighted by atomic mass is 16.5. The molecule has 0 unspecified atom stereocenters. The van der Waals surface area contributed by atoms with Crippen LogP contribution in [0.4, 0.5) is 0 Å². The number of rotatable bonds is 5. The molecule has 0 N–H and O–H groups in total. The highest BCUT2D eigenvalue weighted by Gasteiger charge is 2.12. The molecule has 1 aliphatic heterocycles. The van der Waals surface area contributed by atoms with Crippen molar-refractivity contribution in [2.45, 2.75) is 19.3 Å². The van der Waals surface area contributed by atoms with Crippen LogP contribution in [0, 0.1) is 0 Å². The van der Waals surface area contributed by atoms with Gasteiger partial charge >= 0.3 is 0 Å². The zero-order valence-electron chi connectivity index (χ0n) is 13.9. The normalized spacial score (nSPS) is 15.7.